The van der Waals surface area contributed by atoms with Crippen LogP contribution in [0.15, 0.2) is 200 Å². The Bertz CT molecular complexity index is 2950. The third-order valence-electron chi connectivity index (χ3n) is 10.6. The van der Waals surface area contributed by atoms with Crippen molar-refractivity contribution in [2.45, 2.75) is 0 Å². The Labute approximate surface area is 352 Å². The van der Waals surface area contributed by atoms with Gasteiger partial charge in [-0.3, -0.25) is 0 Å². The van der Waals surface area contributed by atoms with Crippen LogP contribution in [0.25, 0.3) is 37.2 Å². The number of ether oxygens (including phenoxy) is 1. The average Bonchev–Trinajstić information content (AvgIpc) is 3.33. The Kier molecular flexibility index (Phi) is 12.7. The van der Waals surface area contributed by atoms with Gasteiger partial charge in [0.25, 0.3) is 0 Å². The van der Waals surface area contributed by atoms with Crippen molar-refractivity contribution >= 4 is 72.1 Å². The van der Waals surface area contributed by atoms with Crippen molar-refractivity contribution in [2.75, 3.05) is 43.0 Å². The predicted octanol–water partition coefficient (Wildman–Crippen LogP) is 14.3. The van der Waals surface area contributed by atoms with Gasteiger partial charge in [-0.1, -0.05) is 127 Å². The number of hydrogen-bond acceptors (Lipinski definition) is 5. The predicted molar refractivity (Wildman–Crippen MR) is 253 cm³/mol. The maximum absolute atomic E-state index is 8.86. The number of fused-ring (bicyclic) bond motifs is 3. The maximum Gasteiger partial charge on any atom is 0.189 e. The van der Waals surface area contributed by atoms with Gasteiger partial charge >= 0.3 is 0 Å². The van der Waals surface area contributed by atoms with Crippen LogP contribution < -0.4 is 19.4 Å². The summed E-state index contributed by atoms with van der Waals surface area (Å²) in [6, 6.07) is 69.6. The van der Waals surface area contributed by atoms with E-state index in [-0.39, 0.29) is 0 Å². The summed E-state index contributed by atoms with van der Waals surface area (Å²) < 4.78 is 5.30. The Morgan fingerprint density at radius 1 is 0.450 bits per heavy atom. The Morgan fingerprint density at radius 2 is 0.850 bits per heavy atom. The lowest BCUT2D eigenvalue weighted by atomic mass is 10.1. The van der Waals surface area contributed by atoms with E-state index in [0.717, 1.165) is 34.2 Å². The highest BCUT2D eigenvalue weighted by molar-refractivity contribution is 5.98. The summed E-state index contributed by atoms with van der Waals surface area (Å²) in [5.41, 5.74) is 8.04. The average molecular weight is 780 g/mol. The lowest BCUT2D eigenvalue weighted by Gasteiger charge is -2.22. The molecule has 60 heavy (non-hydrogen) atoms. The molecule has 292 valence electrons. The molecule has 9 rings (SSSR count). The topological polar surface area (TPSA) is 47.1 Å². The quantitative estimate of drug-likeness (QED) is 0.151. The van der Waals surface area contributed by atoms with E-state index >= 15 is 0 Å². The van der Waals surface area contributed by atoms with Gasteiger partial charge in [0.05, 0.1) is 25.3 Å². The van der Waals surface area contributed by atoms with Gasteiger partial charge in [-0.05, 0) is 82.9 Å². The number of nitriles is 1. The van der Waals surface area contributed by atoms with Crippen molar-refractivity contribution in [3.05, 3.63) is 217 Å². The molecule has 0 spiro atoms. The molecule has 0 saturated heterocycles. The molecular formula is C54H45N5O. The summed E-state index contributed by atoms with van der Waals surface area (Å²) >= 11 is 0. The van der Waals surface area contributed by atoms with Gasteiger partial charge in [-0.15, -0.1) is 0 Å². The van der Waals surface area contributed by atoms with E-state index in [0.29, 0.717) is 11.3 Å². The van der Waals surface area contributed by atoms with Gasteiger partial charge in [0.15, 0.2) is 5.69 Å². The smallest absolute Gasteiger partial charge is 0.189 e. The van der Waals surface area contributed by atoms with E-state index in [2.05, 4.69) is 154 Å². The summed E-state index contributed by atoms with van der Waals surface area (Å²) in [5, 5.41) is 16.2. The lowest BCUT2D eigenvalue weighted by molar-refractivity contribution is 0.415. The zero-order valence-electron chi connectivity index (χ0n) is 34.2. The molecule has 0 bridgehead atoms. The van der Waals surface area contributed by atoms with Crippen molar-refractivity contribution in [3.63, 3.8) is 0 Å². The first-order valence-corrected chi connectivity index (χ1v) is 19.6. The van der Waals surface area contributed by atoms with Crippen LogP contribution in [-0.4, -0.2) is 28.3 Å². The van der Waals surface area contributed by atoms with Gasteiger partial charge in [-0.25, -0.2) is 4.85 Å². The minimum Gasteiger partial charge on any atom is -0.497 e. The summed E-state index contributed by atoms with van der Waals surface area (Å²) in [7, 11) is 7.85. The molecule has 0 aliphatic carbocycles. The monoisotopic (exact) mass is 779 g/mol. The minimum atomic E-state index is 0.662. The lowest BCUT2D eigenvalue weighted by Crippen LogP contribution is -2.09. The fraction of sp³-hybridized carbons (Fsp3) is 0.0741. The van der Waals surface area contributed by atoms with Gasteiger partial charge < -0.3 is 19.4 Å². The first-order valence-electron chi connectivity index (χ1n) is 19.6. The van der Waals surface area contributed by atoms with E-state index in [1.54, 1.807) is 7.11 Å². The van der Waals surface area contributed by atoms with Crippen LogP contribution in [0.5, 0.6) is 5.75 Å². The molecule has 0 unspecified atom stereocenters. The van der Waals surface area contributed by atoms with E-state index in [1.165, 1.54) is 38.0 Å². The molecule has 9 aromatic rings. The van der Waals surface area contributed by atoms with Crippen molar-refractivity contribution in [3.8, 4) is 11.8 Å². The molecule has 0 N–H and O–H groups in total. The van der Waals surface area contributed by atoms with Crippen molar-refractivity contribution < 1.29 is 4.74 Å². The number of anilines is 6. The van der Waals surface area contributed by atoms with Crippen LogP contribution in [0.1, 0.15) is 5.56 Å². The summed E-state index contributed by atoms with van der Waals surface area (Å²) in [5.74, 6) is 0.870. The fourth-order valence-corrected chi connectivity index (χ4v) is 7.27. The summed E-state index contributed by atoms with van der Waals surface area (Å²) in [4.78, 5) is 9.94. The standard InChI is InChI=1S/2C18H14N2.C18H17NO/c1-19-15-9-6-10-16(13-15)20(2)18-12-5-8-14-7-3-4-11-17(14)18;1-20(16-11-9-14(13-19)10-12-16)18-8-4-6-15-5-2-3-7-17(15)18;1-19(15-9-6-10-16(13-15)20-2)18-12-5-8-14-7-3-4-11-17(14)18/h3-13H,2H3;2-12H,1H3;3-13H,1-2H3. The number of benzene rings is 9. The molecule has 0 aromatic heterocycles. The molecule has 0 aliphatic rings. The van der Waals surface area contributed by atoms with Crippen LogP contribution in [0.4, 0.5) is 39.8 Å². The van der Waals surface area contributed by atoms with Crippen molar-refractivity contribution in [1.29, 1.82) is 5.26 Å². The number of methoxy groups -OCH3 is 1. The van der Waals surface area contributed by atoms with Crippen molar-refractivity contribution in [1.82, 2.24) is 0 Å². The Balaban J connectivity index is 0.000000136. The van der Waals surface area contributed by atoms with E-state index in [9.17, 15) is 0 Å². The third kappa shape index (κ3) is 9.05. The second-order valence-electron chi connectivity index (χ2n) is 14.2. The Morgan fingerprint density at radius 3 is 1.30 bits per heavy atom. The zero-order valence-corrected chi connectivity index (χ0v) is 34.2. The molecule has 0 amide bonds. The minimum absolute atomic E-state index is 0.662. The van der Waals surface area contributed by atoms with Crippen LogP contribution in [0.2, 0.25) is 0 Å². The molecule has 9 aromatic carbocycles. The molecule has 0 radical (unpaired) electrons. The van der Waals surface area contributed by atoms with Crippen LogP contribution >= 0.6 is 0 Å². The van der Waals surface area contributed by atoms with Crippen LogP contribution in [-0.2, 0) is 0 Å². The largest absolute Gasteiger partial charge is 0.497 e. The Hall–Kier alpha value is -8.06. The first kappa shape index (κ1) is 40.1. The summed E-state index contributed by atoms with van der Waals surface area (Å²) in [6.45, 7) is 7.12. The van der Waals surface area contributed by atoms with Gasteiger partial charge in [0.2, 0.25) is 0 Å². The number of nitrogens with zero attached hydrogens (tertiary/aromatic N) is 5. The molecule has 0 aliphatic heterocycles. The molecule has 0 fully saturated rings. The molecular weight excluding hydrogens is 735 g/mol. The van der Waals surface area contributed by atoms with Gasteiger partial charge in [0, 0.05) is 77.5 Å². The fourth-order valence-electron chi connectivity index (χ4n) is 7.27. The van der Waals surface area contributed by atoms with E-state index in [1.807, 2.05) is 93.0 Å². The van der Waals surface area contributed by atoms with E-state index < -0.39 is 0 Å². The SMILES string of the molecule is CN(c1ccc(C#N)cc1)c1cccc2ccccc12.COc1cccc(N(C)c2cccc3ccccc23)c1.[C-]#[N+]c1cccc(N(C)c2cccc3ccccc23)c1. The van der Waals surface area contributed by atoms with Crippen LogP contribution in [0.3, 0.4) is 0 Å². The molecule has 0 heterocycles. The third-order valence-corrected chi connectivity index (χ3v) is 10.6. The second kappa shape index (κ2) is 18.9. The van der Waals surface area contributed by atoms with E-state index in [4.69, 9.17) is 16.6 Å². The highest BCUT2D eigenvalue weighted by Crippen LogP contribution is 2.35. The van der Waals surface area contributed by atoms with Gasteiger partial charge in [-0.2, -0.15) is 5.26 Å². The molecule has 6 nitrogen and oxygen atoms in total. The normalized spacial score (nSPS) is 10.3. The molecule has 0 saturated carbocycles. The number of rotatable bonds is 7. The number of hydrogen-bond donors (Lipinski definition) is 0. The zero-order chi connectivity index (χ0) is 41.8. The maximum atomic E-state index is 8.86. The highest BCUT2D eigenvalue weighted by atomic mass is 16.5. The molecule has 0 atom stereocenters. The highest BCUT2D eigenvalue weighted by Gasteiger charge is 2.11. The first-order chi connectivity index (χ1) is 29.4. The summed E-state index contributed by atoms with van der Waals surface area (Å²) in [6.07, 6.45) is 0. The van der Waals surface area contributed by atoms with Gasteiger partial charge in [0.1, 0.15) is 5.75 Å². The van der Waals surface area contributed by atoms with Crippen LogP contribution in [0, 0.1) is 17.9 Å². The molecule has 6 heteroatoms. The second-order valence-corrected chi connectivity index (χ2v) is 14.2. The van der Waals surface area contributed by atoms with Crippen molar-refractivity contribution in [2.24, 2.45) is 0 Å².